The van der Waals surface area contributed by atoms with Crippen LogP contribution in [0.25, 0.3) is 21.8 Å². The van der Waals surface area contributed by atoms with Crippen molar-refractivity contribution in [3.05, 3.63) is 70.9 Å². The zero-order valence-corrected chi connectivity index (χ0v) is 14.3. The van der Waals surface area contributed by atoms with Crippen molar-refractivity contribution in [3.8, 4) is 0 Å². The van der Waals surface area contributed by atoms with Gasteiger partial charge in [-0.05, 0) is 36.2 Å². The number of rotatable bonds is 7. The summed E-state index contributed by atoms with van der Waals surface area (Å²) in [5.41, 5.74) is 2.30. The highest BCUT2D eigenvalue weighted by molar-refractivity contribution is 5.93. The number of Topliss-reactive ketones (excluding diaryl/α,β-unsaturated/α-hetero) is 1. The summed E-state index contributed by atoms with van der Waals surface area (Å²) in [4.78, 5) is 39.0. The average molecular weight is 349 g/mol. The first-order chi connectivity index (χ1) is 12.6. The van der Waals surface area contributed by atoms with Crippen molar-refractivity contribution in [1.82, 2.24) is 4.98 Å². The first kappa shape index (κ1) is 17.6. The molecule has 0 bridgehead atoms. The number of fused-ring (bicyclic) bond motifs is 2. The number of pyridine rings is 1. The molecule has 0 saturated carbocycles. The Morgan fingerprint density at radius 2 is 1.85 bits per heavy atom. The molecule has 0 aliphatic heterocycles. The highest BCUT2D eigenvalue weighted by atomic mass is 16.5. The molecule has 1 heterocycles. The molecule has 3 aromatic rings. The number of esters is 1. The lowest BCUT2D eigenvalue weighted by molar-refractivity contribution is -0.138. The molecule has 1 N–H and O–H groups in total. The van der Waals surface area contributed by atoms with Crippen molar-refractivity contribution >= 4 is 33.6 Å². The molecule has 0 saturated heterocycles. The van der Waals surface area contributed by atoms with Crippen molar-refractivity contribution in [2.45, 2.75) is 19.3 Å². The Labute approximate surface area is 150 Å². The van der Waals surface area contributed by atoms with Crippen LogP contribution in [0.3, 0.4) is 0 Å². The number of hydrogen-bond donors (Lipinski definition) is 1. The summed E-state index contributed by atoms with van der Waals surface area (Å²) in [5, 5.41) is 1.21. The number of carbonyl (C=O) groups is 2. The third-order valence-electron chi connectivity index (χ3n) is 4.18. The van der Waals surface area contributed by atoms with E-state index in [9.17, 15) is 14.4 Å². The monoisotopic (exact) mass is 349 g/mol. The summed E-state index contributed by atoms with van der Waals surface area (Å²) in [7, 11) is 0. The molecule has 132 valence electrons. The first-order valence-corrected chi connectivity index (χ1v) is 8.43. The van der Waals surface area contributed by atoms with Crippen molar-refractivity contribution in [2.24, 2.45) is 0 Å². The van der Waals surface area contributed by atoms with Crippen molar-refractivity contribution in [3.63, 3.8) is 0 Å². The van der Waals surface area contributed by atoms with E-state index in [1.807, 2.05) is 30.3 Å². The molecule has 0 radical (unpaired) electrons. The molecule has 0 amide bonds. The van der Waals surface area contributed by atoms with Crippen molar-refractivity contribution in [2.75, 3.05) is 6.61 Å². The molecule has 1 aromatic heterocycles. The summed E-state index contributed by atoms with van der Waals surface area (Å²) in [5.74, 6) is -0.449. The van der Waals surface area contributed by atoms with Gasteiger partial charge in [0, 0.05) is 40.7 Å². The van der Waals surface area contributed by atoms with Crippen LogP contribution < -0.4 is 5.43 Å². The van der Waals surface area contributed by atoms with Gasteiger partial charge in [0.15, 0.2) is 5.43 Å². The van der Waals surface area contributed by atoms with E-state index in [0.29, 0.717) is 23.6 Å². The zero-order chi connectivity index (χ0) is 18.5. The van der Waals surface area contributed by atoms with Gasteiger partial charge in [0.25, 0.3) is 0 Å². The fourth-order valence-electron chi connectivity index (χ4n) is 2.90. The number of hydrogen-bond acceptors (Lipinski definition) is 4. The topological polar surface area (TPSA) is 76.2 Å². The van der Waals surface area contributed by atoms with Gasteiger partial charge in [-0.1, -0.05) is 24.8 Å². The van der Waals surface area contributed by atoms with Gasteiger partial charge in [-0.25, -0.2) is 4.79 Å². The van der Waals surface area contributed by atoms with E-state index < -0.39 is 5.97 Å². The number of aromatic amines is 1. The zero-order valence-electron chi connectivity index (χ0n) is 14.3. The van der Waals surface area contributed by atoms with E-state index >= 15 is 0 Å². The van der Waals surface area contributed by atoms with E-state index in [1.54, 1.807) is 12.1 Å². The number of ketones is 1. The van der Waals surface area contributed by atoms with Crippen molar-refractivity contribution < 1.29 is 14.3 Å². The first-order valence-electron chi connectivity index (χ1n) is 8.43. The fourth-order valence-corrected chi connectivity index (χ4v) is 2.90. The molecule has 26 heavy (non-hydrogen) atoms. The van der Waals surface area contributed by atoms with Gasteiger partial charge >= 0.3 is 5.97 Å². The van der Waals surface area contributed by atoms with Crippen LogP contribution in [0.2, 0.25) is 0 Å². The van der Waals surface area contributed by atoms with Gasteiger partial charge in [0.2, 0.25) is 0 Å². The molecule has 0 fully saturated rings. The van der Waals surface area contributed by atoms with E-state index in [0.717, 1.165) is 22.7 Å². The van der Waals surface area contributed by atoms with E-state index in [-0.39, 0.29) is 24.2 Å². The summed E-state index contributed by atoms with van der Waals surface area (Å²) in [6.45, 7) is 3.51. The predicted octanol–water partition coefficient (Wildman–Crippen LogP) is 3.30. The maximum Gasteiger partial charge on any atom is 0.330 e. The van der Waals surface area contributed by atoms with E-state index in [2.05, 4.69) is 11.6 Å². The molecule has 5 heteroatoms. The Balaban J connectivity index is 1.72. The van der Waals surface area contributed by atoms with Gasteiger partial charge < -0.3 is 9.72 Å². The highest BCUT2D eigenvalue weighted by Crippen LogP contribution is 2.17. The standard InChI is InChI=1S/C21H19NO4/c1-2-20(24)26-11-5-6-15(23)12-14-9-10-19-17(13-14)21(25)16-7-3-4-8-18(16)22-19/h2-4,7-10,13H,1,5-6,11-12H2,(H,22,25). The lowest BCUT2D eigenvalue weighted by Crippen LogP contribution is -2.08. The Morgan fingerprint density at radius 3 is 2.65 bits per heavy atom. The van der Waals surface area contributed by atoms with Crippen LogP contribution >= 0.6 is 0 Å². The molecule has 5 nitrogen and oxygen atoms in total. The Hall–Kier alpha value is -3.21. The van der Waals surface area contributed by atoms with Gasteiger partial charge in [-0.15, -0.1) is 0 Å². The maximum atomic E-state index is 12.7. The van der Waals surface area contributed by atoms with Gasteiger partial charge in [0.05, 0.1) is 6.61 Å². The van der Waals surface area contributed by atoms with Gasteiger partial charge in [-0.3, -0.25) is 9.59 Å². The molecule has 0 aliphatic rings. The van der Waals surface area contributed by atoms with Crippen LogP contribution in [0.5, 0.6) is 0 Å². The minimum absolute atomic E-state index is 0.0382. The van der Waals surface area contributed by atoms with Crippen LogP contribution in [-0.4, -0.2) is 23.3 Å². The number of para-hydroxylation sites is 1. The largest absolute Gasteiger partial charge is 0.463 e. The Morgan fingerprint density at radius 1 is 1.08 bits per heavy atom. The SMILES string of the molecule is C=CC(=O)OCCCC(=O)Cc1ccc2[nH]c3ccccc3c(=O)c2c1. The lowest BCUT2D eigenvalue weighted by atomic mass is 10.0. The second kappa shape index (κ2) is 7.78. The number of aromatic nitrogens is 1. The lowest BCUT2D eigenvalue weighted by Gasteiger charge is -2.06. The summed E-state index contributed by atoms with van der Waals surface area (Å²) in [6, 6.07) is 12.8. The number of ether oxygens (including phenoxy) is 1. The van der Waals surface area contributed by atoms with Crippen LogP contribution in [-0.2, 0) is 20.7 Å². The van der Waals surface area contributed by atoms with Gasteiger partial charge in [-0.2, -0.15) is 0 Å². The minimum Gasteiger partial charge on any atom is -0.463 e. The summed E-state index contributed by atoms with van der Waals surface area (Å²) >= 11 is 0. The summed E-state index contributed by atoms with van der Waals surface area (Å²) in [6.07, 6.45) is 2.13. The number of nitrogens with one attached hydrogen (secondary N) is 1. The minimum atomic E-state index is -0.488. The fraction of sp³-hybridized carbons (Fsp3) is 0.190. The Kier molecular flexibility index (Phi) is 5.27. The van der Waals surface area contributed by atoms with Crippen LogP contribution in [0.4, 0.5) is 0 Å². The predicted molar refractivity (Wildman–Crippen MR) is 101 cm³/mol. The van der Waals surface area contributed by atoms with Crippen LogP contribution in [0.1, 0.15) is 18.4 Å². The third-order valence-corrected chi connectivity index (χ3v) is 4.18. The Bertz CT molecular complexity index is 1050. The van der Waals surface area contributed by atoms with E-state index in [4.69, 9.17) is 4.74 Å². The number of carbonyl (C=O) groups excluding carboxylic acids is 2. The molecular weight excluding hydrogens is 330 g/mol. The quantitative estimate of drug-likeness (QED) is 0.307. The molecular formula is C21H19NO4. The maximum absolute atomic E-state index is 12.7. The molecule has 0 atom stereocenters. The average Bonchev–Trinajstić information content (AvgIpc) is 2.66. The molecule has 0 unspecified atom stereocenters. The smallest absolute Gasteiger partial charge is 0.330 e. The van der Waals surface area contributed by atoms with Crippen LogP contribution in [0, 0.1) is 0 Å². The second-order valence-electron chi connectivity index (χ2n) is 6.07. The molecule has 3 rings (SSSR count). The van der Waals surface area contributed by atoms with Gasteiger partial charge in [0.1, 0.15) is 5.78 Å². The normalized spacial score (nSPS) is 10.8. The second-order valence-corrected chi connectivity index (χ2v) is 6.07. The molecule has 2 aromatic carbocycles. The number of benzene rings is 2. The summed E-state index contributed by atoms with van der Waals surface area (Å²) < 4.78 is 4.85. The number of H-pyrrole nitrogens is 1. The third kappa shape index (κ3) is 3.88. The van der Waals surface area contributed by atoms with Crippen molar-refractivity contribution in [1.29, 1.82) is 0 Å². The highest BCUT2D eigenvalue weighted by Gasteiger charge is 2.09. The van der Waals surface area contributed by atoms with Crippen LogP contribution in [0.15, 0.2) is 59.9 Å². The molecule has 0 aliphatic carbocycles. The molecule has 0 spiro atoms. The van der Waals surface area contributed by atoms with E-state index in [1.165, 1.54) is 0 Å².